The molecule has 1 N–H and O–H groups in total. The molecule has 0 saturated heterocycles. The molecule has 1 unspecified atom stereocenters. The molecule has 2 aromatic rings. The maximum atomic E-state index is 5.98. The number of aryl methyl sites for hydroxylation is 1. The quantitative estimate of drug-likeness (QED) is 0.873. The summed E-state index contributed by atoms with van der Waals surface area (Å²) in [6, 6.07) is 13.0. The molecular weight excluding hydrogens is 250 g/mol. The van der Waals surface area contributed by atoms with Gasteiger partial charge in [0, 0.05) is 10.9 Å². The Hall–Kier alpha value is -0.830. The second-order valence-electron chi connectivity index (χ2n) is 4.18. The summed E-state index contributed by atoms with van der Waals surface area (Å²) in [6.45, 7) is 2.12. The molecule has 0 fully saturated rings. The van der Waals surface area contributed by atoms with Crippen LogP contribution < -0.4 is 5.32 Å². The minimum absolute atomic E-state index is 0.342. The SMILES string of the molecule is CNC(Cc1cccc(C)c1)c1ccc(Cl)s1. The average Bonchev–Trinajstić information content (AvgIpc) is 2.73. The summed E-state index contributed by atoms with van der Waals surface area (Å²) in [7, 11) is 1.99. The molecule has 1 aromatic heterocycles. The lowest BCUT2D eigenvalue weighted by atomic mass is 10.0. The summed E-state index contributed by atoms with van der Waals surface area (Å²) < 4.78 is 0.851. The van der Waals surface area contributed by atoms with E-state index in [2.05, 4.69) is 42.6 Å². The molecule has 0 aliphatic rings. The molecule has 2 rings (SSSR count). The Morgan fingerprint density at radius 1 is 1.29 bits per heavy atom. The number of nitrogens with one attached hydrogen (secondary N) is 1. The van der Waals surface area contributed by atoms with Crippen molar-refractivity contribution in [2.75, 3.05) is 7.05 Å². The van der Waals surface area contributed by atoms with E-state index in [1.807, 2.05) is 13.1 Å². The third-order valence-electron chi connectivity index (χ3n) is 2.81. The van der Waals surface area contributed by atoms with Gasteiger partial charge in [-0.05, 0) is 38.1 Å². The van der Waals surface area contributed by atoms with Crippen LogP contribution >= 0.6 is 22.9 Å². The number of hydrogen-bond donors (Lipinski definition) is 1. The van der Waals surface area contributed by atoms with Crippen LogP contribution in [0.4, 0.5) is 0 Å². The molecule has 0 aliphatic carbocycles. The number of thiophene rings is 1. The van der Waals surface area contributed by atoms with E-state index in [-0.39, 0.29) is 0 Å². The first-order valence-corrected chi connectivity index (χ1v) is 6.86. The zero-order chi connectivity index (χ0) is 12.3. The minimum Gasteiger partial charge on any atom is -0.312 e. The second kappa shape index (κ2) is 5.67. The fourth-order valence-corrected chi connectivity index (χ4v) is 3.11. The molecule has 0 bridgehead atoms. The van der Waals surface area contributed by atoms with Gasteiger partial charge in [0.25, 0.3) is 0 Å². The van der Waals surface area contributed by atoms with Gasteiger partial charge in [-0.15, -0.1) is 11.3 Å². The van der Waals surface area contributed by atoms with Gasteiger partial charge in [-0.3, -0.25) is 0 Å². The summed E-state index contributed by atoms with van der Waals surface area (Å²) in [5.74, 6) is 0. The van der Waals surface area contributed by atoms with Crippen LogP contribution in [0.15, 0.2) is 36.4 Å². The normalized spacial score (nSPS) is 12.6. The number of rotatable bonds is 4. The monoisotopic (exact) mass is 265 g/mol. The Bertz CT molecular complexity index is 492. The van der Waals surface area contributed by atoms with Crippen LogP contribution in [-0.4, -0.2) is 7.05 Å². The lowest BCUT2D eigenvalue weighted by Crippen LogP contribution is -2.17. The summed E-state index contributed by atoms with van der Waals surface area (Å²) in [5.41, 5.74) is 2.66. The highest BCUT2D eigenvalue weighted by atomic mass is 35.5. The molecule has 1 nitrogen and oxygen atoms in total. The third kappa shape index (κ3) is 3.32. The summed E-state index contributed by atoms with van der Waals surface area (Å²) in [5, 5.41) is 3.35. The van der Waals surface area contributed by atoms with E-state index in [0.717, 1.165) is 10.8 Å². The average molecular weight is 266 g/mol. The van der Waals surface area contributed by atoms with Crippen molar-refractivity contribution in [3.63, 3.8) is 0 Å². The Morgan fingerprint density at radius 2 is 2.12 bits per heavy atom. The Labute approximate surface area is 111 Å². The van der Waals surface area contributed by atoms with E-state index in [1.54, 1.807) is 11.3 Å². The second-order valence-corrected chi connectivity index (χ2v) is 5.92. The van der Waals surface area contributed by atoms with Crippen molar-refractivity contribution in [3.05, 3.63) is 56.7 Å². The lowest BCUT2D eigenvalue weighted by molar-refractivity contribution is 0.602. The maximum absolute atomic E-state index is 5.98. The summed E-state index contributed by atoms with van der Waals surface area (Å²) in [4.78, 5) is 1.29. The van der Waals surface area contributed by atoms with Crippen molar-refractivity contribution < 1.29 is 0 Å². The summed E-state index contributed by atoms with van der Waals surface area (Å²) in [6.07, 6.45) is 0.995. The van der Waals surface area contributed by atoms with Crippen molar-refractivity contribution in [2.45, 2.75) is 19.4 Å². The third-order valence-corrected chi connectivity index (χ3v) is 4.15. The van der Waals surface area contributed by atoms with E-state index in [1.165, 1.54) is 16.0 Å². The van der Waals surface area contributed by atoms with E-state index in [4.69, 9.17) is 11.6 Å². The molecule has 1 heterocycles. The Balaban J connectivity index is 2.15. The van der Waals surface area contributed by atoms with Crippen LogP contribution in [0.2, 0.25) is 4.34 Å². The first kappa shape index (κ1) is 12.6. The fourth-order valence-electron chi connectivity index (χ4n) is 1.94. The lowest BCUT2D eigenvalue weighted by Gasteiger charge is -2.14. The first-order valence-electron chi connectivity index (χ1n) is 5.67. The van der Waals surface area contributed by atoms with Gasteiger partial charge in [-0.25, -0.2) is 0 Å². The van der Waals surface area contributed by atoms with Gasteiger partial charge in [0.05, 0.1) is 4.34 Å². The number of benzene rings is 1. The molecule has 1 aromatic carbocycles. The molecule has 0 amide bonds. The van der Waals surface area contributed by atoms with Gasteiger partial charge >= 0.3 is 0 Å². The first-order chi connectivity index (χ1) is 8.19. The van der Waals surface area contributed by atoms with E-state index in [9.17, 15) is 0 Å². The van der Waals surface area contributed by atoms with Crippen LogP contribution in [-0.2, 0) is 6.42 Å². The molecule has 3 heteroatoms. The van der Waals surface area contributed by atoms with Crippen LogP contribution in [0.1, 0.15) is 22.0 Å². The Kier molecular flexibility index (Phi) is 4.21. The van der Waals surface area contributed by atoms with Crippen molar-refractivity contribution in [1.82, 2.24) is 5.32 Å². The van der Waals surface area contributed by atoms with Gasteiger partial charge < -0.3 is 5.32 Å². The molecule has 90 valence electrons. The minimum atomic E-state index is 0.342. The Morgan fingerprint density at radius 3 is 2.71 bits per heavy atom. The zero-order valence-electron chi connectivity index (χ0n) is 10.0. The molecule has 1 atom stereocenters. The number of halogens is 1. The van der Waals surface area contributed by atoms with E-state index in [0.29, 0.717) is 6.04 Å². The molecule has 0 spiro atoms. The van der Waals surface area contributed by atoms with E-state index < -0.39 is 0 Å². The molecule has 17 heavy (non-hydrogen) atoms. The van der Waals surface area contributed by atoms with Gasteiger partial charge in [-0.1, -0.05) is 41.4 Å². The predicted molar refractivity (Wildman–Crippen MR) is 76.0 cm³/mol. The standard InChI is InChI=1S/C14H16ClNS/c1-10-4-3-5-11(8-10)9-12(16-2)13-6-7-14(15)17-13/h3-8,12,16H,9H2,1-2H3. The highest BCUT2D eigenvalue weighted by molar-refractivity contribution is 7.16. The van der Waals surface area contributed by atoms with Crippen molar-refractivity contribution in [3.8, 4) is 0 Å². The molecular formula is C14H16ClNS. The fraction of sp³-hybridized carbons (Fsp3) is 0.286. The van der Waals surface area contributed by atoms with E-state index >= 15 is 0 Å². The van der Waals surface area contributed by atoms with Gasteiger partial charge in [0.15, 0.2) is 0 Å². The van der Waals surface area contributed by atoms with Crippen molar-refractivity contribution in [1.29, 1.82) is 0 Å². The number of hydrogen-bond acceptors (Lipinski definition) is 2. The largest absolute Gasteiger partial charge is 0.312 e. The highest BCUT2D eigenvalue weighted by Gasteiger charge is 2.12. The molecule has 0 aliphatic heterocycles. The topological polar surface area (TPSA) is 12.0 Å². The summed E-state index contributed by atoms with van der Waals surface area (Å²) >= 11 is 7.63. The van der Waals surface area contributed by atoms with Crippen LogP contribution in [0.25, 0.3) is 0 Å². The molecule has 0 radical (unpaired) electrons. The van der Waals surface area contributed by atoms with Crippen LogP contribution in [0.3, 0.4) is 0 Å². The smallest absolute Gasteiger partial charge is 0.0931 e. The van der Waals surface area contributed by atoms with Crippen molar-refractivity contribution in [2.24, 2.45) is 0 Å². The van der Waals surface area contributed by atoms with Crippen LogP contribution in [0.5, 0.6) is 0 Å². The predicted octanol–water partition coefficient (Wildman–Crippen LogP) is 4.21. The maximum Gasteiger partial charge on any atom is 0.0931 e. The van der Waals surface area contributed by atoms with Gasteiger partial charge in [0.1, 0.15) is 0 Å². The van der Waals surface area contributed by atoms with Gasteiger partial charge in [-0.2, -0.15) is 0 Å². The van der Waals surface area contributed by atoms with Crippen LogP contribution in [0, 0.1) is 6.92 Å². The van der Waals surface area contributed by atoms with Crippen molar-refractivity contribution >= 4 is 22.9 Å². The van der Waals surface area contributed by atoms with Gasteiger partial charge in [0.2, 0.25) is 0 Å². The molecule has 0 saturated carbocycles. The zero-order valence-corrected chi connectivity index (χ0v) is 11.6. The highest BCUT2D eigenvalue weighted by Crippen LogP contribution is 2.28. The number of likely N-dealkylation sites (N-methyl/N-ethyl adjacent to an activating group) is 1.